The highest BCUT2D eigenvalue weighted by atomic mass is 16.1. The third-order valence-corrected chi connectivity index (χ3v) is 2.30. The standard InChI is InChI=1S/C10H18N4O/c1-3-13-8(5-10(11)15)9-6-12-7-14(9)4-2/h6-8,13H,3-5H2,1-2H3,(H2,11,15). The number of nitrogens with two attached hydrogens (primary N) is 1. The van der Waals surface area contributed by atoms with Crippen LogP contribution >= 0.6 is 0 Å². The molecule has 0 fully saturated rings. The van der Waals surface area contributed by atoms with Crippen molar-refractivity contribution in [2.24, 2.45) is 5.73 Å². The van der Waals surface area contributed by atoms with Crippen molar-refractivity contribution in [2.45, 2.75) is 32.9 Å². The lowest BCUT2D eigenvalue weighted by Crippen LogP contribution is -2.28. The second-order valence-corrected chi connectivity index (χ2v) is 3.39. The average molecular weight is 210 g/mol. The molecule has 3 N–H and O–H groups in total. The largest absolute Gasteiger partial charge is 0.370 e. The van der Waals surface area contributed by atoms with Crippen LogP contribution < -0.4 is 11.1 Å². The average Bonchev–Trinajstić information content (AvgIpc) is 2.64. The summed E-state index contributed by atoms with van der Waals surface area (Å²) in [5.74, 6) is -0.301. The Morgan fingerprint density at radius 1 is 1.67 bits per heavy atom. The van der Waals surface area contributed by atoms with Crippen LogP contribution in [0.25, 0.3) is 0 Å². The quantitative estimate of drug-likeness (QED) is 0.715. The van der Waals surface area contributed by atoms with E-state index in [9.17, 15) is 4.79 Å². The van der Waals surface area contributed by atoms with Gasteiger partial charge < -0.3 is 15.6 Å². The minimum atomic E-state index is -0.301. The highest BCUT2D eigenvalue weighted by Crippen LogP contribution is 2.15. The first-order valence-electron chi connectivity index (χ1n) is 5.20. The number of hydrogen-bond acceptors (Lipinski definition) is 3. The Hall–Kier alpha value is -1.36. The summed E-state index contributed by atoms with van der Waals surface area (Å²) < 4.78 is 2.01. The molecule has 1 aromatic heterocycles. The molecule has 1 unspecified atom stereocenters. The minimum absolute atomic E-state index is 0.0325. The van der Waals surface area contributed by atoms with Crippen molar-refractivity contribution in [1.29, 1.82) is 0 Å². The van der Waals surface area contributed by atoms with Gasteiger partial charge in [-0.05, 0) is 13.5 Å². The summed E-state index contributed by atoms with van der Waals surface area (Å²) in [6, 6.07) is -0.0325. The van der Waals surface area contributed by atoms with Gasteiger partial charge in [0.2, 0.25) is 5.91 Å². The van der Waals surface area contributed by atoms with Crippen LogP contribution in [0.15, 0.2) is 12.5 Å². The van der Waals surface area contributed by atoms with Crippen LogP contribution in [0.3, 0.4) is 0 Å². The van der Waals surface area contributed by atoms with Crippen LogP contribution in [0.4, 0.5) is 0 Å². The van der Waals surface area contributed by atoms with E-state index in [1.165, 1.54) is 0 Å². The highest BCUT2D eigenvalue weighted by Gasteiger charge is 2.16. The molecule has 1 aromatic rings. The summed E-state index contributed by atoms with van der Waals surface area (Å²) in [5.41, 5.74) is 6.22. The second-order valence-electron chi connectivity index (χ2n) is 3.39. The number of aromatic nitrogens is 2. The van der Waals surface area contributed by atoms with Crippen LogP contribution in [0.5, 0.6) is 0 Å². The summed E-state index contributed by atoms with van der Waals surface area (Å²) >= 11 is 0. The number of nitrogens with one attached hydrogen (secondary N) is 1. The molecular formula is C10H18N4O. The van der Waals surface area contributed by atoms with Crippen molar-refractivity contribution >= 4 is 5.91 Å². The number of carbonyl (C=O) groups excluding carboxylic acids is 1. The SMILES string of the molecule is CCNC(CC(N)=O)c1cncn1CC. The van der Waals surface area contributed by atoms with Gasteiger partial charge in [-0.3, -0.25) is 4.79 Å². The first-order chi connectivity index (χ1) is 7.19. The van der Waals surface area contributed by atoms with Gasteiger partial charge in [-0.2, -0.15) is 0 Å². The Balaban J connectivity index is 2.82. The lowest BCUT2D eigenvalue weighted by atomic mass is 10.1. The molecule has 0 radical (unpaired) electrons. The molecule has 1 amide bonds. The highest BCUT2D eigenvalue weighted by molar-refractivity contribution is 5.74. The molecular weight excluding hydrogens is 192 g/mol. The number of carbonyl (C=O) groups is 1. The third kappa shape index (κ3) is 3.06. The summed E-state index contributed by atoms with van der Waals surface area (Å²) in [7, 11) is 0. The van der Waals surface area contributed by atoms with Crippen molar-refractivity contribution < 1.29 is 4.79 Å². The van der Waals surface area contributed by atoms with Gasteiger partial charge in [0, 0.05) is 19.2 Å². The number of primary amides is 1. The van der Waals surface area contributed by atoms with Crippen molar-refractivity contribution in [2.75, 3.05) is 6.54 Å². The first-order valence-corrected chi connectivity index (χ1v) is 5.20. The third-order valence-electron chi connectivity index (χ3n) is 2.30. The number of aryl methyl sites for hydroxylation is 1. The van der Waals surface area contributed by atoms with Crippen molar-refractivity contribution in [3.63, 3.8) is 0 Å². The Labute approximate surface area is 89.7 Å². The molecule has 1 rings (SSSR count). The van der Waals surface area contributed by atoms with Crippen molar-refractivity contribution in [3.05, 3.63) is 18.2 Å². The Morgan fingerprint density at radius 3 is 2.93 bits per heavy atom. The zero-order valence-corrected chi connectivity index (χ0v) is 9.23. The molecule has 1 heterocycles. The predicted molar refractivity (Wildman–Crippen MR) is 58.1 cm³/mol. The van der Waals surface area contributed by atoms with E-state index in [2.05, 4.69) is 10.3 Å². The van der Waals surface area contributed by atoms with Gasteiger partial charge in [0.15, 0.2) is 0 Å². The fourth-order valence-corrected chi connectivity index (χ4v) is 1.61. The normalized spacial score (nSPS) is 12.7. The molecule has 0 aromatic carbocycles. The van der Waals surface area contributed by atoms with E-state index in [4.69, 9.17) is 5.73 Å². The van der Waals surface area contributed by atoms with Crippen molar-refractivity contribution in [1.82, 2.24) is 14.9 Å². The van der Waals surface area contributed by atoms with E-state index in [0.29, 0.717) is 6.42 Å². The summed E-state index contributed by atoms with van der Waals surface area (Å²) in [4.78, 5) is 15.0. The van der Waals surface area contributed by atoms with Crippen molar-refractivity contribution in [3.8, 4) is 0 Å². The molecule has 1 atom stereocenters. The molecule has 5 nitrogen and oxygen atoms in total. The monoisotopic (exact) mass is 210 g/mol. The fraction of sp³-hybridized carbons (Fsp3) is 0.600. The maximum absolute atomic E-state index is 10.9. The van der Waals surface area contributed by atoms with Gasteiger partial charge in [0.1, 0.15) is 0 Å². The van der Waals surface area contributed by atoms with E-state index in [0.717, 1.165) is 18.8 Å². The smallest absolute Gasteiger partial charge is 0.219 e. The molecule has 0 spiro atoms. The Morgan fingerprint density at radius 2 is 2.40 bits per heavy atom. The van der Waals surface area contributed by atoms with Crippen LogP contribution in [0.1, 0.15) is 32.0 Å². The number of imidazole rings is 1. The Kier molecular flexibility index (Phi) is 4.30. The molecule has 0 aliphatic rings. The molecule has 0 saturated carbocycles. The minimum Gasteiger partial charge on any atom is -0.370 e. The maximum Gasteiger partial charge on any atom is 0.219 e. The molecule has 84 valence electrons. The molecule has 0 saturated heterocycles. The fourth-order valence-electron chi connectivity index (χ4n) is 1.61. The van der Waals surface area contributed by atoms with E-state index in [1.807, 2.05) is 18.4 Å². The maximum atomic E-state index is 10.9. The van der Waals surface area contributed by atoms with E-state index < -0.39 is 0 Å². The van der Waals surface area contributed by atoms with Gasteiger partial charge in [0.25, 0.3) is 0 Å². The van der Waals surface area contributed by atoms with Gasteiger partial charge in [-0.25, -0.2) is 4.98 Å². The molecule has 0 aliphatic heterocycles. The molecule has 0 aliphatic carbocycles. The molecule has 5 heteroatoms. The number of nitrogens with zero attached hydrogens (tertiary/aromatic N) is 2. The number of hydrogen-bond donors (Lipinski definition) is 2. The topological polar surface area (TPSA) is 72.9 Å². The zero-order valence-electron chi connectivity index (χ0n) is 9.23. The van der Waals surface area contributed by atoms with E-state index in [1.54, 1.807) is 12.5 Å². The lowest BCUT2D eigenvalue weighted by molar-refractivity contribution is -0.118. The van der Waals surface area contributed by atoms with Gasteiger partial charge >= 0.3 is 0 Å². The van der Waals surface area contributed by atoms with Gasteiger partial charge in [-0.1, -0.05) is 6.92 Å². The van der Waals surface area contributed by atoms with Crippen LogP contribution in [0.2, 0.25) is 0 Å². The Bertz CT molecular complexity index is 321. The van der Waals surface area contributed by atoms with Gasteiger partial charge in [0.05, 0.1) is 18.1 Å². The molecule has 15 heavy (non-hydrogen) atoms. The summed E-state index contributed by atoms with van der Waals surface area (Å²) in [5, 5.41) is 3.23. The second kappa shape index (κ2) is 5.50. The van der Waals surface area contributed by atoms with Crippen LogP contribution in [-0.4, -0.2) is 22.0 Å². The van der Waals surface area contributed by atoms with Gasteiger partial charge in [-0.15, -0.1) is 0 Å². The molecule has 0 bridgehead atoms. The first kappa shape index (κ1) is 11.7. The number of amides is 1. The van der Waals surface area contributed by atoms with E-state index in [-0.39, 0.29) is 11.9 Å². The zero-order chi connectivity index (χ0) is 11.3. The summed E-state index contributed by atoms with van der Waals surface area (Å²) in [6.07, 6.45) is 3.85. The number of rotatable bonds is 6. The lowest BCUT2D eigenvalue weighted by Gasteiger charge is -2.17. The summed E-state index contributed by atoms with van der Waals surface area (Å²) in [6.45, 7) is 5.68. The van der Waals surface area contributed by atoms with E-state index >= 15 is 0 Å². The van der Waals surface area contributed by atoms with Crippen LogP contribution in [-0.2, 0) is 11.3 Å². The van der Waals surface area contributed by atoms with Crippen LogP contribution in [0, 0.1) is 0 Å². The predicted octanol–water partition coefficient (Wildman–Crippen LogP) is 0.429.